The van der Waals surface area contributed by atoms with E-state index in [4.69, 9.17) is 14.9 Å². The Morgan fingerprint density at radius 3 is 2.44 bits per heavy atom. The van der Waals surface area contributed by atoms with Crippen LogP contribution < -0.4 is 5.32 Å². The van der Waals surface area contributed by atoms with Gasteiger partial charge < -0.3 is 20.3 Å². The van der Waals surface area contributed by atoms with Crippen LogP contribution in [-0.4, -0.2) is 47.4 Å². The lowest BCUT2D eigenvalue weighted by Gasteiger charge is -2.17. The molecule has 2 fully saturated rings. The molecule has 0 radical (unpaired) electrons. The number of carbonyl (C=O) groups excluding carboxylic acids is 1. The number of aliphatic hydroxyl groups is 1. The number of amides is 1. The van der Waals surface area contributed by atoms with Gasteiger partial charge in [0.25, 0.3) is 0 Å². The van der Waals surface area contributed by atoms with Gasteiger partial charge in [-0.2, -0.15) is 0 Å². The molecule has 1 heterocycles. The molecular weight excluding hydrogens is 238 g/mol. The summed E-state index contributed by atoms with van der Waals surface area (Å²) in [6.07, 6.45) is 2.10. The number of aliphatic hydroxyl groups excluding tert-OH is 1. The quantitative estimate of drug-likeness (QED) is 0.617. The average molecular weight is 257 g/mol. The first-order chi connectivity index (χ1) is 8.56. The topological polar surface area (TPSA) is 95.9 Å². The van der Waals surface area contributed by atoms with E-state index in [0.29, 0.717) is 25.8 Å². The monoisotopic (exact) mass is 257 g/mol. The van der Waals surface area contributed by atoms with Gasteiger partial charge in [-0.1, -0.05) is 0 Å². The van der Waals surface area contributed by atoms with Crippen molar-refractivity contribution in [2.45, 2.75) is 44.3 Å². The predicted molar refractivity (Wildman–Crippen MR) is 61.9 cm³/mol. The van der Waals surface area contributed by atoms with Crippen molar-refractivity contribution in [3.05, 3.63) is 0 Å². The fraction of sp³-hybridized carbons (Fsp3) is 0.833. The highest BCUT2D eigenvalue weighted by atomic mass is 16.5. The van der Waals surface area contributed by atoms with Crippen molar-refractivity contribution in [3.63, 3.8) is 0 Å². The van der Waals surface area contributed by atoms with E-state index in [-0.39, 0.29) is 17.9 Å². The van der Waals surface area contributed by atoms with Crippen LogP contribution in [0.2, 0.25) is 0 Å². The van der Waals surface area contributed by atoms with Gasteiger partial charge in [0, 0.05) is 13.2 Å². The Balaban J connectivity index is 1.74. The molecule has 1 aliphatic heterocycles. The zero-order valence-electron chi connectivity index (χ0n) is 10.2. The third-order valence-electron chi connectivity index (χ3n) is 3.82. The van der Waals surface area contributed by atoms with Crippen LogP contribution in [0.1, 0.15) is 32.1 Å². The van der Waals surface area contributed by atoms with Gasteiger partial charge in [-0.05, 0) is 37.5 Å². The Hall–Kier alpha value is -1.14. The zero-order valence-corrected chi connectivity index (χ0v) is 10.2. The number of carboxylic acid groups (broad SMARTS) is 1. The highest BCUT2D eigenvalue weighted by molar-refractivity contribution is 5.82. The Bertz CT molecular complexity index is 339. The van der Waals surface area contributed by atoms with Crippen LogP contribution >= 0.6 is 0 Å². The Labute approximate surface area is 105 Å². The minimum absolute atomic E-state index is 0.0647. The van der Waals surface area contributed by atoms with Crippen molar-refractivity contribution in [1.29, 1.82) is 0 Å². The molecule has 1 saturated heterocycles. The lowest BCUT2D eigenvalue weighted by Crippen LogP contribution is -2.38. The first-order valence-electron chi connectivity index (χ1n) is 6.33. The molecule has 0 aromatic rings. The summed E-state index contributed by atoms with van der Waals surface area (Å²) in [5.41, 5.74) is 0.0647. The molecule has 3 N–H and O–H groups in total. The van der Waals surface area contributed by atoms with E-state index in [1.54, 1.807) is 0 Å². The van der Waals surface area contributed by atoms with Crippen molar-refractivity contribution in [2.24, 2.45) is 5.41 Å². The SMILES string of the molecule is O=C(O)C1CCC(C(=O)NCC2(CCO)CC2)O1. The molecule has 2 unspecified atom stereocenters. The van der Waals surface area contributed by atoms with E-state index < -0.39 is 18.2 Å². The van der Waals surface area contributed by atoms with E-state index in [2.05, 4.69) is 5.32 Å². The zero-order chi connectivity index (χ0) is 13.2. The van der Waals surface area contributed by atoms with Crippen LogP contribution in [0.3, 0.4) is 0 Å². The number of carbonyl (C=O) groups is 2. The van der Waals surface area contributed by atoms with Crippen molar-refractivity contribution < 1.29 is 24.5 Å². The summed E-state index contributed by atoms with van der Waals surface area (Å²) in [4.78, 5) is 22.5. The number of carboxylic acids is 1. The smallest absolute Gasteiger partial charge is 0.332 e. The summed E-state index contributed by atoms with van der Waals surface area (Å²) < 4.78 is 5.17. The molecule has 2 rings (SSSR count). The van der Waals surface area contributed by atoms with Gasteiger partial charge in [-0.15, -0.1) is 0 Å². The maximum absolute atomic E-state index is 11.8. The molecule has 6 heteroatoms. The van der Waals surface area contributed by atoms with Crippen LogP contribution in [-0.2, 0) is 14.3 Å². The Morgan fingerprint density at radius 2 is 1.94 bits per heavy atom. The van der Waals surface area contributed by atoms with Gasteiger partial charge in [0.2, 0.25) is 5.91 Å². The number of aliphatic carboxylic acids is 1. The molecule has 102 valence electrons. The lowest BCUT2D eigenvalue weighted by molar-refractivity contribution is -0.151. The molecule has 2 atom stereocenters. The predicted octanol–water partition coefficient (Wildman–Crippen LogP) is -0.103. The van der Waals surface area contributed by atoms with Gasteiger partial charge in [-0.25, -0.2) is 4.79 Å². The van der Waals surface area contributed by atoms with Gasteiger partial charge in [0.05, 0.1) is 0 Å². The molecule has 1 amide bonds. The summed E-state index contributed by atoms with van der Waals surface area (Å²) in [5, 5.41) is 20.5. The van der Waals surface area contributed by atoms with Crippen LogP contribution in [0, 0.1) is 5.41 Å². The number of hydrogen-bond donors (Lipinski definition) is 3. The van der Waals surface area contributed by atoms with Crippen molar-refractivity contribution in [1.82, 2.24) is 5.32 Å². The number of hydrogen-bond acceptors (Lipinski definition) is 4. The second kappa shape index (κ2) is 5.24. The minimum Gasteiger partial charge on any atom is -0.479 e. The second-order valence-electron chi connectivity index (χ2n) is 5.22. The van der Waals surface area contributed by atoms with E-state index in [9.17, 15) is 9.59 Å². The van der Waals surface area contributed by atoms with Crippen molar-refractivity contribution in [2.75, 3.05) is 13.2 Å². The third kappa shape index (κ3) is 3.00. The Morgan fingerprint density at radius 1 is 1.28 bits per heavy atom. The number of rotatable bonds is 6. The molecule has 0 spiro atoms. The van der Waals surface area contributed by atoms with Crippen LogP contribution in [0.4, 0.5) is 0 Å². The Kier molecular flexibility index (Phi) is 3.87. The van der Waals surface area contributed by atoms with E-state index in [1.165, 1.54) is 0 Å². The first kappa shape index (κ1) is 13.3. The van der Waals surface area contributed by atoms with Gasteiger partial charge in [0.15, 0.2) is 6.10 Å². The van der Waals surface area contributed by atoms with Crippen LogP contribution in [0.15, 0.2) is 0 Å². The average Bonchev–Trinajstić information content (AvgIpc) is 2.92. The van der Waals surface area contributed by atoms with Gasteiger partial charge in [0.1, 0.15) is 6.10 Å². The van der Waals surface area contributed by atoms with Crippen LogP contribution in [0.25, 0.3) is 0 Å². The van der Waals surface area contributed by atoms with Crippen molar-refractivity contribution in [3.8, 4) is 0 Å². The summed E-state index contributed by atoms with van der Waals surface area (Å²) in [6, 6.07) is 0. The molecule has 18 heavy (non-hydrogen) atoms. The van der Waals surface area contributed by atoms with E-state index >= 15 is 0 Å². The van der Waals surface area contributed by atoms with E-state index in [1.807, 2.05) is 0 Å². The van der Waals surface area contributed by atoms with Gasteiger partial charge in [-0.3, -0.25) is 4.79 Å². The molecule has 1 saturated carbocycles. The highest BCUT2D eigenvalue weighted by Crippen LogP contribution is 2.47. The molecule has 6 nitrogen and oxygen atoms in total. The summed E-state index contributed by atoms with van der Waals surface area (Å²) >= 11 is 0. The minimum atomic E-state index is -1.01. The first-order valence-corrected chi connectivity index (χ1v) is 6.33. The molecule has 0 aromatic carbocycles. The lowest BCUT2D eigenvalue weighted by atomic mass is 10.0. The third-order valence-corrected chi connectivity index (χ3v) is 3.82. The number of nitrogens with one attached hydrogen (secondary N) is 1. The largest absolute Gasteiger partial charge is 0.479 e. The standard InChI is InChI=1S/C12H19NO5/c14-6-5-12(3-4-12)7-13-10(15)8-1-2-9(18-8)11(16)17/h8-9,14H,1-7H2,(H,13,15)(H,16,17). The van der Waals surface area contributed by atoms with E-state index in [0.717, 1.165) is 12.8 Å². The fourth-order valence-electron chi connectivity index (χ4n) is 2.33. The second-order valence-corrected chi connectivity index (χ2v) is 5.22. The molecular formula is C12H19NO5. The van der Waals surface area contributed by atoms with Gasteiger partial charge >= 0.3 is 5.97 Å². The molecule has 0 aromatic heterocycles. The summed E-state index contributed by atoms with van der Waals surface area (Å²) in [6.45, 7) is 0.681. The number of ether oxygens (including phenoxy) is 1. The van der Waals surface area contributed by atoms with Crippen molar-refractivity contribution >= 4 is 11.9 Å². The summed E-state index contributed by atoms with van der Waals surface area (Å²) in [7, 11) is 0. The maximum atomic E-state index is 11.8. The maximum Gasteiger partial charge on any atom is 0.332 e. The normalized spacial score (nSPS) is 28.9. The molecule has 0 bridgehead atoms. The summed E-state index contributed by atoms with van der Waals surface area (Å²) in [5.74, 6) is -1.24. The van der Waals surface area contributed by atoms with Crippen LogP contribution in [0.5, 0.6) is 0 Å². The highest BCUT2D eigenvalue weighted by Gasteiger charge is 2.43. The molecule has 1 aliphatic carbocycles. The molecule has 2 aliphatic rings. The fourth-order valence-corrected chi connectivity index (χ4v) is 2.33.